The van der Waals surface area contributed by atoms with Crippen molar-refractivity contribution in [2.45, 2.75) is 26.3 Å². The van der Waals surface area contributed by atoms with Gasteiger partial charge in [0, 0.05) is 30.7 Å². The van der Waals surface area contributed by atoms with E-state index in [2.05, 4.69) is 22.5 Å². The van der Waals surface area contributed by atoms with E-state index in [1.54, 1.807) is 11.3 Å². The van der Waals surface area contributed by atoms with Gasteiger partial charge in [-0.1, -0.05) is 6.92 Å². The average molecular weight is 225 g/mol. The fourth-order valence-corrected chi connectivity index (χ4v) is 2.65. The zero-order chi connectivity index (χ0) is 10.6. The van der Waals surface area contributed by atoms with Gasteiger partial charge in [-0.15, -0.1) is 11.3 Å². The highest BCUT2D eigenvalue weighted by atomic mass is 32.1. The van der Waals surface area contributed by atoms with Gasteiger partial charge in [-0.3, -0.25) is 4.98 Å². The predicted molar refractivity (Wildman–Crippen MR) is 64.0 cm³/mol. The van der Waals surface area contributed by atoms with Gasteiger partial charge in [0.05, 0.1) is 5.51 Å². The molecule has 2 N–H and O–H groups in total. The van der Waals surface area contributed by atoms with E-state index in [0.29, 0.717) is 5.41 Å². The molecule has 1 unspecified atom stereocenters. The molecule has 0 bridgehead atoms. The van der Waals surface area contributed by atoms with Gasteiger partial charge in [0.2, 0.25) is 0 Å². The number of nitrogens with one attached hydrogen (secondary N) is 2. The fourth-order valence-electron chi connectivity index (χ4n) is 2.09. The minimum atomic E-state index is 0.433. The van der Waals surface area contributed by atoms with Crippen molar-refractivity contribution in [1.29, 1.82) is 0 Å². The van der Waals surface area contributed by atoms with Gasteiger partial charge < -0.3 is 10.6 Å². The molecule has 0 aliphatic carbocycles. The van der Waals surface area contributed by atoms with Crippen LogP contribution in [-0.4, -0.2) is 24.6 Å². The zero-order valence-corrected chi connectivity index (χ0v) is 10.1. The first-order chi connectivity index (χ1) is 7.29. The lowest BCUT2D eigenvalue weighted by molar-refractivity contribution is 0.226. The molecule has 4 heteroatoms. The number of rotatable bonds is 4. The summed E-state index contributed by atoms with van der Waals surface area (Å²) in [6.45, 7) is 6.74. The Bertz CT molecular complexity index is 278. The first-order valence-electron chi connectivity index (χ1n) is 5.57. The van der Waals surface area contributed by atoms with Crippen molar-refractivity contribution in [2.75, 3.05) is 19.6 Å². The van der Waals surface area contributed by atoms with Crippen LogP contribution in [0.2, 0.25) is 0 Å². The maximum atomic E-state index is 4.07. The number of piperidine rings is 1. The standard InChI is InChI=1S/C11H19N3S/c1-11(3-2-4-12-7-11)8-13-5-10-6-14-9-15-10/h6,9,12-13H,2-5,7-8H2,1H3. The Morgan fingerprint density at radius 2 is 2.60 bits per heavy atom. The number of nitrogens with zero attached hydrogens (tertiary/aromatic N) is 1. The first kappa shape index (κ1) is 11.0. The predicted octanol–water partition coefficient (Wildman–Crippen LogP) is 1.62. The van der Waals surface area contributed by atoms with Gasteiger partial charge >= 0.3 is 0 Å². The Balaban J connectivity index is 1.72. The molecule has 1 aliphatic rings. The van der Waals surface area contributed by atoms with Crippen molar-refractivity contribution in [3.63, 3.8) is 0 Å². The molecule has 0 radical (unpaired) electrons. The minimum absolute atomic E-state index is 0.433. The normalized spacial score (nSPS) is 26.7. The molecular weight excluding hydrogens is 206 g/mol. The van der Waals surface area contributed by atoms with Crippen LogP contribution in [-0.2, 0) is 6.54 Å². The lowest BCUT2D eigenvalue weighted by Gasteiger charge is -2.34. The second kappa shape index (κ2) is 5.05. The summed E-state index contributed by atoms with van der Waals surface area (Å²) in [5.41, 5.74) is 2.32. The molecule has 1 aromatic heterocycles. The fraction of sp³-hybridized carbons (Fsp3) is 0.727. The van der Waals surface area contributed by atoms with Crippen LogP contribution in [0.3, 0.4) is 0 Å². The van der Waals surface area contributed by atoms with E-state index in [9.17, 15) is 0 Å². The van der Waals surface area contributed by atoms with Crippen molar-refractivity contribution >= 4 is 11.3 Å². The maximum absolute atomic E-state index is 4.07. The summed E-state index contributed by atoms with van der Waals surface area (Å²) < 4.78 is 0. The summed E-state index contributed by atoms with van der Waals surface area (Å²) in [5, 5.41) is 7.00. The highest BCUT2D eigenvalue weighted by molar-refractivity contribution is 7.09. The lowest BCUT2D eigenvalue weighted by atomic mass is 9.83. The van der Waals surface area contributed by atoms with Crippen LogP contribution >= 0.6 is 11.3 Å². The van der Waals surface area contributed by atoms with E-state index in [1.165, 1.54) is 24.3 Å². The van der Waals surface area contributed by atoms with Gasteiger partial charge in [0.25, 0.3) is 0 Å². The third kappa shape index (κ3) is 3.26. The van der Waals surface area contributed by atoms with E-state index in [-0.39, 0.29) is 0 Å². The molecule has 1 atom stereocenters. The molecular formula is C11H19N3S. The number of aromatic nitrogens is 1. The molecule has 15 heavy (non-hydrogen) atoms. The van der Waals surface area contributed by atoms with E-state index in [0.717, 1.165) is 19.6 Å². The number of hydrogen-bond acceptors (Lipinski definition) is 4. The van der Waals surface area contributed by atoms with Crippen molar-refractivity contribution in [2.24, 2.45) is 5.41 Å². The summed E-state index contributed by atoms with van der Waals surface area (Å²) >= 11 is 1.72. The summed E-state index contributed by atoms with van der Waals surface area (Å²) in [5.74, 6) is 0. The van der Waals surface area contributed by atoms with Crippen LogP contribution in [0.4, 0.5) is 0 Å². The summed E-state index contributed by atoms with van der Waals surface area (Å²) in [7, 11) is 0. The van der Waals surface area contributed by atoms with Crippen molar-refractivity contribution < 1.29 is 0 Å². The monoisotopic (exact) mass is 225 g/mol. The molecule has 2 heterocycles. The third-order valence-electron chi connectivity index (χ3n) is 3.02. The van der Waals surface area contributed by atoms with Crippen molar-refractivity contribution in [1.82, 2.24) is 15.6 Å². The molecule has 1 aliphatic heterocycles. The summed E-state index contributed by atoms with van der Waals surface area (Å²) in [6.07, 6.45) is 4.58. The third-order valence-corrected chi connectivity index (χ3v) is 3.80. The molecule has 1 saturated heterocycles. The van der Waals surface area contributed by atoms with E-state index in [4.69, 9.17) is 0 Å². The Kier molecular flexibility index (Phi) is 3.72. The zero-order valence-electron chi connectivity index (χ0n) is 9.25. The smallest absolute Gasteiger partial charge is 0.0794 e. The van der Waals surface area contributed by atoms with E-state index < -0.39 is 0 Å². The van der Waals surface area contributed by atoms with Crippen LogP contribution < -0.4 is 10.6 Å². The Morgan fingerprint density at radius 1 is 1.67 bits per heavy atom. The highest BCUT2D eigenvalue weighted by Gasteiger charge is 2.25. The van der Waals surface area contributed by atoms with Gasteiger partial charge in [-0.25, -0.2) is 0 Å². The number of hydrogen-bond donors (Lipinski definition) is 2. The summed E-state index contributed by atoms with van der Waals surface area (Å²) in [6, 6.07) is 0. The highest BCUT2D eigenvalue weighted by Crippen LogP contribution is 2.24. The number of thiazole rings is 1. The minimum Gasteiger partial charge on any atom is -0.316 e. The molecule has 0 spiro atoms. The SMILES string of the molecule is CC1(CNCc2cncs2)CCCNC1. The second-order valence-corrected chi connectivity index (χ2v) is 5.63. The molecule has 1 fully saturated rings. The summed E-state index contributed by atoms with van der Waals surface area (Å²) in [4.78, 5) is 5.39. The molecule has 2 rings (SSSR count). The Hall–Kier alpha value is -0.450. The lowest BCUT2D eigenvalue weighted by Crippen LogP contribution is -2.44. The van der Waals surface area contributed by atoms with Gasteiger partial charge in [-0.2, -0.15) is 0 Å². The van der Waals surface area contributed by atoms with Gasteiger partial charge in [0.15, 0.2) is 0 Å². The van der Waals surface area contributed by atoms with Gasteiger partial charge in [0.1, 0.15) is 0 Å². The average Bonchev–Trinajstić information content (AvgIpc) is 2.71. The molecule has 3 nitrogen and oxygen atoms in total. The maximum Gasteiger partial charge on any atom is 0.0794 e. The van der Waals surface area contributed by atoms with E-state index in [1.807, 2.05) is 11.7 Å². The Morgan fingerprint density at radius 3 is 3.27 bits per heavy atom. The topological polar surface area (TPSA) is 37.0 Å². The van der Waals surface area contributed by atoms with Crippen LogP contribution in [0.25, 0.3) is 0 Å². The first-order valence-corrected chi connectivity index (χ1v) is 6.45. The van der Waals surface area contributed by atoms with Crippen molar-refractivity contribution in [3.05, 3.63) is 16.6 Å². The van der Waals surface area contributed by atoms with Crippen LogP contribution in [0.5, 0.6) is 0 Å². The molecule has 0 amide bonds. The second-order valence-electron chi connectivity index (χ2n) is 4.66. The van der Waals surface area contributed by atoms with Crippen LogP contribution in [0.1, 0.15) is 24.6 Å². The van der Waals surface area contributed by atoms with Crippen LogP contribution in [0, 0.1) is 5.41 Å². The Labute approximate surface area is 95.3 Å². The molecule has 0 aromatic carbocycles. The largest absolute Gasteiger partial charge is 0.316 e. The molecule has 1 aromatic rings. The molecule has 0 saturated carbocycles. The van der Waals surface area contributed by atoms with Crippen molar-refractivity contribution in [3.8, 4) is 0 Å². The van der Waals surface area contributed by atoms with Gasteiger partial charge in [-0.05, 0) is 24.8 Å². The quantitative estimate of drug-likeness (QED) is 0.817. The molecule has 84 valence electrons. The van der Waals surface area contributed by atoms with Crippen LogP contribution in [0.15, 0.2) is 11.7 Å². The van der Waals surface area contributed by atoms with E-state index >= 15 is 0 Å².